The van der Waals surface area contributed by atoms with Gasteiger partial charge in [-0.1, -0.05) is 11.6 Å². The number of nitrogens with two attached hydrogens (primary N) is 1. The first-order valence-corrected chi connectivity index (χ1v) is 8.23. The van der Waals surface area contributed by atoms with Gasteiger partial charge in [-0.25, -0.2) is 8.42 Å². The minimum atomic E-state index is -3.69. The second kappa shape index (κ2) is 7.42. The summed E-state index contributed by atoms with van der Waals surface area (Å²) in [5.41, 5.74) is 6.19. The molecule has 1 rings (SSSR count). The lowest BCUT2D eigenvalue weighted by molar-refractivity contribution is 0.355. The molecule has 21 heavy (non-hydrogen) atoms. The van der Waals surface area contributed by atoms with Crippen molar-refractivity contribution in [3.8, 4) is 5.75 Å². The first-order chi connectivity index (χ1) is 9.73. The van der Waals surface area contributed by atoms with E-state index in [1.807, 2.05) is 19.0 Å². The van der Waals surface area contributed by atoms with Crippen molar-refractivity contribution in [3.63, 3.8) is 0 Å². The predicted octanol–water partition coefficient (Wildman–Crippen LogP) is 0.989. The molecular weight excluding hydrogens is 314 g/mol. The zero-order chi connectivity index (χ0) is 16.2. The highest BCUT2D eigenvalue weighted by Crippen LogP contribution is 2.33. The molecule has 120 valence electrons. The van der Waals surface area contributed by atoms with Crippen molar-refractivity contribution in [2.24, 2.45) is 5.73 Å². The highest BCUT2D eigenvalue weighted by Gasteiger charge is 2.26. The fraction of sp³-hybridized carbons (Fsp3) is 0.538. The third kappa shape index (κ3) is 4.31. The van der Waals surface area contributed by atoms with Gasteiger partial charge in [0.1, 0.15) is 10.6 Å². The van der Waals surface area contributed by atoms with E-state index in [0.29, 0.717) is 23.7 Å². The third-order valence-corrected chi connectivity index (χ3v) is 5.15. The van der Waals surface area contributed by atoms with Gasteiger partial charge in [-0.05, 0) is 26.2 Å². The van der Waals surface area contributed by atoms with Crippen LogP contribution in [0.2, 0.25) is 5.02 Å². The van der Waals surface area contributed by atoms with E-state index in [4.69, 9.17) is 22.1 Å². The van der Waals surface area contributed by atoms with Gasteiger partial charge in [-0.3, -0.25) is 0 Å². The third-order valence-electron chi connectivity index (χ3n) is 3.07. The molecule has 0 amide bonds. The average molecular weight is 336 g/mol. The van der Waals surface area contributed by atoms with Gasteiger partial charge in [0.25, 0.3) is 0 Å². The van der Waals surface area contributed by atoms with Crippen LogP contribution in [-0.2, 0) is 16.6 Å². The Labute approximate surface area is 131 Å². The largest absolute Gasteiger partial charge is 0.495 e. The lowest BCUT2D eigenvalue weighted by Crippen LogP contribution is -2.33. The van der Waals surface area contributed by atoms with E-state index in [2.05, 4.69) is 0 Å². The highest BCUT2D eigenvalue weighted by atomic mass is 35.5. The monoisotopic (exact) mass is 335 g/mol. The van der Waals surface area contributed by atoms with Crippen LogP contribution in [0.3, 0.4) is 0 Å². The van der Waals surface area contributed by atoms with Crippen LogP contribution in [0.15, 0.2) is 17.0 Å². The van der Waals surface area contributed by atoms with Crippen molar-refractivity contribution < 1.29 is 13.2 Å². The number of sulfonamides is 1. The summed E-state index contributed by atoms with van der Waals surface area (Å²) < 4.78 is 31.9. The van der Waals surface area contributed by atoms with Gasteiger partial charge in [0.2, 0.25) is 10.0 Å². The van der Waals surface area contributed by atoms with Crippen molar-refractivity contribution in [2.75, 3.05) is 41.3 Å². The van der Waals surface area contributed by atoms with Gasteiger partial charge >= 0.3 is 0 Å². The molecule has 1 aromatic rings. The number of rotatable bonds is 7. The quantitative estimate of drug-likeness (QED) is 0.804. The Hall–Kier alpha value is -0.860. The smallest absolute Gasteiger partial charge is 0.246 e. The van der Waals surface area contributed by atoms with Crippen LogP contribution in [0, 0.1) is 0 Å². The number of methoxy groups -OCH3 is 1. The lowest BCUT2D eigenvalue weighted by Gasteiger charge is -2.21. The number of hydrogen-bond acceptors (Lipinski definition) is 5. The summed E-state index contributed by atoms with van der Waals surface area (Å²) in [5.74, 6) is 0.249. The van der Waals surface area contributed by atoms with E-state index in [-0.39, 0.29) is 17.2 Å². The first-order valence-electron chi connectivity index (χ1n) is 6.41. The number of nitrogens with zero attached hydrogens (tertiary/aromatic N) is 2. The highest BCUT2D eigenvalue weighted by molar-refractivity contribution is 7.89. The number of likely N-dealkylation sites (N-methyl/N-ethyl adjacent to an activating group) is 2. The van der Waals surface area contributed by atoms with Crippen LogP contribution in [0.4, 0.5) is 0 Å². The number of ether oxygens (including phenoxy) is 1. The van der Waals surface area contributed by atoms with Crippen LogP contribution in [0.5, 0.6) is 5.75 Å². The zero-order valence-corrected chi connectivity index (χ0v) is 14.3. The van der Waals surface area contributed by atoms with Gasteiger partial charge in [0.05, 0.1) is 7.11 Å². The van der Waals surface area contributed by atoms with E-state index in [0.717, 1.165) is 0 Å². The second-order valence-electron chi connectivity index (χ2n) is 4.93. The topological polar surface area (TPSA) is 75.9 Å². The van der Waals surface area contributed by atoms with Crippen LogP contribution < -0.4 is 10.5 Å². The van der Waals surface area contributed by atoms with Crippen molar-refractivity contribution in [1.29, 1.82) is 0 Å². The lowest BCUT2D eigenvalue weighted by atomic mass is 10.2. The molecule has 0 aromatic heterocycles. The summed E-state index contributed by atoms with van der Waals surface area (Å²) in [6, 6.07) is 3.00. The Bertz CT molecular complexity index is 591. The standard InChI is InChI=1S/C13H22ClN3O3S/c1-16(2)5-6-17(3)21(18,19)12-8-11(14)7-10(9-15)13(12)20-4/h7-8H,5-6,9,15H2,1-4H3. The SMILES string of the molecule is COc1c(CN)cc(Cl)cc1S(=O)(=O)N(C)CCN(C)C. The molecule has 2 N–H and O–H groups in total. The van der Waals surface area contributed by atoms with E-state index in [1.165, 1.54) is 24.5 Å². The Morgan fingerprint density at radius 1 is 1.24 bits per heavy atom. The maximum absolute atomic E-state index is 12.7. The van der Waals surface area contributed by atoms with Gasteiger partial charge < -0.3 is 15.4 Å². The molecule has 1 aromatic carbocycles. The molecule has 0 radical (unpaired) electrons. The van der Waals surface area contributed by atoms with Gasteiger partial charge in [0, 0.05) is 37.3 Å². The van der Waals surface area contributed by atoms with E-state index in [9.17, 15) is 8.42 Å². The molecule has 0 saturated carbocycles. The van der Waals surface area contributed by atoms with Gasteiger partial charge in [0.15, 0.2) is 0 Å². The normalized spacial score (nSPS) is 12.2. The first kappa shape index (κ1) is 18.2. The van der Waals surface area contributed by atoms with Gasteiger partial charge in [-0.2, -0.15) is 4.31 Å². The predicted molar refractivity (Wildman–Crippen MR) is 84.3 cm³/mol. The van der Waals surface area contributed by atoms with Crippen molar-refractivity contribution >= 4 is 21.6 Å². The van der Waals surface area contributed by atoms with Crippen molar-refractivity contribution in [3.05, 3.63) is 22.7 Å². The summed E-state index contributed by atoms with van der Waals surface area (Å²) in [6.45, 7) is 1.12. The Kier molecular flexibility index (Phi) is 6.42. The Morgan fingerprint density at radius 2 is 1.86 bits per heavy atom. The number of halogens is 1. The minimum absolute atomic E-state index is 0.0409. The average Bonchev–Trinajstić information content (AvgIpc) is 2.43. The molecule has 0 saturated heterocycles. The summed E-state index contributed by atoms with van der Waals surface area (Å²) in [5, 5.41) is 0.316. The molecule has 0 aliphatic rings. The Balaban J connectivity index is 3.27. The van der Waals surface area contributed by atoms with Crippen molar-refractivity contribution in [2.45, 2.75) is 11.4 Å². The molecule has 0 bridgehead atoms. The zero-order valence-electron chi connectivity index (χ0n) is 12.8. The van der Waals surface area contributed by atoms with Gasteiger partial charge in [-0.15, -0.1) is 0 Å². The molecule has 0 spiro atoms. The van der Waals surface area contributed by atoms with E-state index in [1.54, 1.807) is 6.07 Å². The maximum Gasteiger partial charge on any atom is 0.246 e. The summed E-state index contributed by atoms with van der Waals surface area (Å²) in [6.07, 6.45) is 0. The molecule has 0 unspecified atom stereocenters. The number of hydrogen-bond donors (Lipinski definition) is 1. The Morgan fingerprint density at radius 3 is 2.33 bits per heavy atom. The van der Waals surface area contributed by atoms with Crippen LogP contribution in [-0.4, -0.2) is 59.0 Å². The van der Waals surface area contributed by atoms with Crippen LogP contribution in [0.1, 0.15) is 5.56 Å². The minimum Gasteiger partial charge on any atom is -0.495 e. The molecule has 0 aliphatic heterocycles. The van der Waals surface area contributed by atoms with Crippen molar-refractivity contribution in [1.82, 2.24) is 9.21 Å². The van der Waals surface area contributed by atoms with Crippen LogP contribution in [0.25, 0.3) is 0 Å². The van der Waals surface area contributed by atoms with Crippen LogP contribution >= 0.6 is 11.6 Å². The molecule has 0 fully saturated rings. The van der Waals surface area contributed by atoms with E-state index < -0.39 is 10.0 Å². The fourth-order valence-electron chi connectivity index (χ4n) is 1.83. The summed E-state index contributed by atoms with van der Waals surface area (Å²) in [4.78, 5) is 1.95. The molecule has 8 heteroatoms. The second-order valence-corrected chi connectivity index (χ2v) is 7.38. The molecule has 0 aliphatic carbocycles. The summed E-state index contributed by atoms with van der Waals surface area (Å²) in [7, 11) is 3.02. The summed E-state index contributed by atoms with van der Waals surface area (Å²) >= 11 is 5.99. The van der Waals surface area contributed by atoms with E-state index >= 15 is 0 Å². The number of benzene rings is 1. The maximum atomic E-state index is 12.7. The molecular formula is C13H22ClN3O3S. The molecule has 0 heterocycles. The fourth-order valence-corrected chi connectivity index (χ4v) is 3.51. The molecule has 6 nitrogen and oxygen atoms in total. The molecule has 0 atom stereocenters.